The van der Waals surface area contributed by atoms with E-state index in [0.717, 1.165) is 12.1 Å². The van der Waals surface area contributed by atoms with E-state index in [9.17, 15) is 5.11 Å². The predicted octanol–water partition coefficient (Wildman–Crippen LogP) is 1.75. The second-order valence-electron chi connectivity index (χ2n) is 3.54. The van der Waals surface area contributed by atoms with Gasteiger partial charge < -0.3 is 9.84 Å². The SMILES string of the molecule is Cn1nccc1CCOc1cccc(O)c1. The molecule has 1 N–H and O–H groups in total. The molecule has 0 aliphatic rings. The number of phenols is 1. The Bertz CT molecular complexity index is 466. The summed E-state index contributed by atoms with van der Waals surface area (Å²) in [5.41, 5.74) is 1.13. The first-order chi connectivity index (χ1) is 7.75. The molecule has 0 saturated heterocycles. The molecule has 0 amide bonds. The third-order valence-corrected chi connectivity index (χ3v) is 2.37. The van der Waals surface area contributed by atoms with Gasteiger partial charge in [0.15, 0.2) is 0 Å². The van der Waals surface area contributed by atoms with Crippen LogP contribution in [0.2, 0.25) is 0 Å². The maximum Gasteiger partial charge on any atom is 0.122 e. The van der Waals surface area contributed by atoms with Gasteiger partial charge in [0.1, 0.15) is 11.5 Å². The lowest BCUT2D eigenvalue weighted by molar-refractivity contribution is 0.316. The minimum absolute atomic E-state index is 0.220. The van der Waals surface area contributed by atoms with Gasteiger partial charge in [-0.15, -0.1) is 0 Å². The predicted molar refractivity (Wildman–Crippen MR) is 60.5 cm³/mol. The van der Waals surface area contributed by atoms with Crippen LogP contribution in [0.1, 0.15) is 5.69 Å². The van der Waals surface area contributed by atoms with Crippen molar-refractivity contribution in [1.29, 1.82) is 0 Å². The molecule has 2 rings (SSSR count). The third kappa shape index (κ3) is 2.53. The number of phenolic OH excluding ortho intramolecular Hbond substituents is 1. The molecule has 2 aromatic rings. The van der Waals surface area contributed by atoms with Crippen LogP contribution in [0.25, 0.3) is 0 Å². The van der Waals surface area contributed by atoms with Gasteiger partial charge >= 0.3 is 0 Å². The topological polar surface area (TPSA) is 47.3 Å². The van der Waals surface area contributed by atoms with E-state index in [1.165, 1.54) is 0 Å². The van der Waals surface area contributed by atoms with Crippen molar-refractivity contribution in [3.8, 4) is 11.5 Å². The number of rotatable bonds is 4. The van der Waals surface area contributed by atoms with Crippen LogP contribution < -0.4 is 4.74 Å². The second kappa shape index (κ2) is 4.70. The maximum atomic E-state index is 9.25. The van der Waals surface area contributed by atoms with Crippen LogP contribution >= 0.6 is 0 Å². The molecule has 1 heterocycles. The molecule has 0 fully saturated rings. The number of benzene rings is 1. The molecule has 0 spiro atoms. The molecule has 16 heavy (non-hydrogen) atoms. The minimum Gasteiger partial charge on any atom is -0.508 e. The summed E-state index contributed by atoms with van der Waals surface area (Å²) in [5.74, 6) is 0.903. The van der Waals surface area contributed by atoms with Crippen LogP contribution in [0.3, 0.4) is 0 Å². The Hall–Kier alpha value is -1.97. The van der Waals surface area contributed by atoms with Crippen LogP contribution in [0.15, 0.2) is 36.5 Å². The number of hydrogen-bond acceptors (Lipinski definition) is 3. The Morgan fingerprint density at radius 2 is 2.25 bits per heavy atom. The minimum atomic E-state index is 0.220. The lowest BCUT2D eigenvalue weighted by Gasteiger charge is -2.06. The first-order valence-corrected chi connectivity index (χ1v) is 5.14. The summed E-state index contributed by atoms with van der Waals surface area (Å²) in [5, 5.41) is 13.3. The number of aromatic hydroxyl groups is 1. The van der Waals surface area contributed by atoms with E-state index in [2.05, 4.69) is 5.10 Å². The van der Waals surface area contributed by atoms with E-state index >= 15 is 0 Å². The van der Waals surface area contributed by atoms with Gasteiger partial charge in [-0.1, -0.05) is 6.07 Å². The molecule has 0 atom stereocenters. The molecule has 0 bridgehead atoms. The Morgan fingerprint density at radius 3 is 2.94 bits per heavy atom. The van der Waals surface area contributed by atoms with E-state index in [1.807, 2.05) is 23.9 Å². The zero-order valence-corrected chi connectivity index (χ0v) is 9.13. The summed E-state index contributed by atoms with van der Waals surface area (Å²) in [6, 6.07) is 8.76. The quantitative estimate of drug-likeness (QED) is 0.850. The lowest BCUT2D eigenvalue weighted by Crippen LogP contribution is -2.05. The molecule has 4 nitrogen and oxygen atoms in total. The fourth-order valence-corrected chi connectivity index (χ4v) is 1.49. The average Bonchev–Trinajstić information content (AvgIpc) is 2.65. The molecule has 0 aliphatic heterocycles. The van der Waals surface area contributed by atoms with Gasteiger partial charge in [0.25, 0.3) is 0 Å². The van der Waals surface area contributed by atoms with Gasteiger partial charge in [-0.25, -0.2) is 0 Å². The van der Waals surface area contributed by atoms with E-state index in [-0.39, 0.29) is 5.75 Å². The van der Waals surface area contributed by atoms with Gasteiger partial charge in [0.2, 0.25) is 0 Å². The Kier molecular flexibility index (Phi) is 3.10. The summed E-state index contributed by atoms with van der Waals surface area (Å²) in [7, 11) is 1.91. The van der Waals surface area contributed by atoms with Crippen molar-refractivity contribution in [3.63, 3.8) is 0 Å². The zero-order valence-electron chi connectivity index (χ0n) is 9.13. The van der Waals surface area contributed by atoms with Crippen molar-refractivity contribution in [3.05, 3.63) is 42.2 Å². The Labute approximate surface area is 94.1 Å². The fourth-order valence-electron chi connectivity index (χ4n) is 1.49. The smallest absolute Gasteiger partial charge is 0.122 e. The molecular weight excluding hydrogens is 204 g/mol. The highest BCUT2D eigenvalue weighted by Crippen LogP contribution is 2.17. The molecule has 0 radical (unpaired) electrons. The monoisotopic (exact) mass is 218 g/mol. The Morgan fingerprint density at radius 1 is 1.38 bits per heavy atom. The molecule has 0 unspecified atom stereocenters. The van der Waals surface area contributed by atoms with Crippen molar-refractivity contribution < 1.29 is 9.84 Å². The number of hydrogen-bond donors (Lipinski definition) is 1. The first kappa shape index (κ1) is 10.5. The first-order valence-electron chi connectivity index (χ1n) is 5.14. The highest BCUT2D eigenvalue weighted by molar-refractivity contribution is 5.31. The molecule has 0 saturated carbocycles. The van der Waals surface area contributed by atoms with Crippen LogP contribution in [0.4, 0.5) is 0 Å². The maximum absolute atomic E-state index is 9.25. The van der Waals surface area contributed by atoms with E-state index < -0.39 is 0 Å². The lowest BCUT2D eigenvalue weighted by atomic mass is 10.3. The summed E-state index contributed by atoms with van der Waals surface area (Å²) >= 11 is 0. The highest BCUT2D eigenvalue weighted by atomic mass is 16.5. The molecule has 4 heteroatoms. The number of nitrogens with zero attached hydrogens (tertiary/aromatic N) is 2. The molecule has 0 aliphatic carbocycles. The second-order valence-corrected chi connectivity index (χ2v) is 3.54. The fraction of sp³-hybridized carbons (Fsp3) is 0.250. The van der Waals surface area contributed by atoms with Crippen molar-refractivity contribution in [2.75, 3.05) is 6.61 Å². The van der Waals surface area contributed by atoms with Crippen LogP contribution in [-0.2, 0) is 13.5 Å². The van der Waals surface area contributed by atoms with Gasteiger partial charge in [-0.2, -0.15) is 5.10 Å². The third-order valence-electron chi connectivity index (χ3n) is 2.37. The average molecular weight is 218 g/mol. The summed E-state index contributed by atoms with van der Waals surface area (Å²) < 4.78 is 7.34. The number of aryl methyl sites for hydroxylation is 1. The van der Waals surface area contributed by atoms with Gasteiger partial charge in [-0.3, -0.25) is 4.68 Å². The van der Waals surface area contributed by atoms with Crippen molar-refractivity contribution in [2.45, 2.75) is 6.42 Å². The van der Waals surface area contributed by atoms with Gasteiger partial charge in [-0.05, 0) is 18.2 Å². The standard InChI is InChI=1S/C12H14N2O2/c1-14-10(5-7-13-14)6-8-16-12-4-2-3-11(15)9-12/h2-5,7,9,15H,6,8H2,1H3. The number of aromatic nitrogens is 2. The molecule has 1 aromatic heterocycles. The molecule has 1 aromatic carbocycles. The van der Waals surface area contributed by atoms with Crippen LogP contribution in [-0.4, -0.2) is 21.5 Å². The van der Waals surface area contributed by atoms with E-state index in [1.54, 1.807) is 24.4 Å². The largest absolute Gasteiger partial charge is 0.508 e. The van der Waals surface area contributed by atoms with Crippen LogP contribution in [0.5, 0.6) is 11.5 Å². The summed E-state index contributed by atoms with van der Waals surface area (Å²) in [4.78, 5) is 0. The highest BCUT2D eigenvalue weighted by Gasteiger charge is 1.99. The zero-order chi connectivity index (χ0) is 11.4. The van der Waals surface area contributed by atoms with Crippen molar-refractivity contribution in [2.24, 2.45) is 7.05 Å². The van der Waals surface area contributed by atoms with Crippen LogP contribution in [0, 0.1) is 0 Å². The summed E-state index contributed by atoms with van der Waals surface area (Å²) in [6.07, 6.45) is 2.57. The molecular formula is C12H14N2O2. The van der Waals surface area contributed by atoms with Crippen molar-refractivity contribution in [1.82, 2.24) is 9.78 Å². The van der Waals surface area contributed by atoms with E-state index in [0.29, 0.717) is 12.4 Å². The van der Waals surface area contributed by atoms with Gasteiger partial charge in [0, 0.05) is 31.4 Å². The Balaban J connectivity index is 1.87. The number of ether oxygens (including phenoxy) is 1. The van der Waals surface area contributed by atoms with E-state index in [4.69, 9.17) is 4.74 Å². The summed E-state index contributed by atoms with van der Waals surface area (Å²) in [6.45, 7) is 0.572. The van der Waals surface area contributed by atoms with Crippen molar-refractivity contribution >= 4 is 0 Å². The normalized spacial score (nSPS) is 10.3. The van der Waals surface area contributed by atoms with Gasteiger partial charge in [0.05, 0.1) is 6.61 Å². The molecule has 84 valence electrons.